The monoisotopic (exact) mass is 625 g/mol. The number of amides is 1. The Morgan fingerprint density at radius 2 is 1.69 bits per heavy atom. The maximum Gasteiger partial charge on any atom is 0.431 e. The summed E-state index contributed by atoms with van der Waals surface area (Å²) in [6.07, 6.45) is -2.47. The zero-order valence-electron chi connectivity index (χ0n) is 24.0. The van der Waals surface area contributed by atoms with Gasteiger partial charge in [-0.2, -0.15) is 13.2 Å². The van der Waals surface area contributed by atoms with Crippen molar-refractivity contribution in [3.8, 4) is 34.7 Å². The van der Waals surface area contributed by atoms with Gasteiger partial charge in [-0.1, -0.05) is 0 Å². The molecule has 0 bridgehead atoms. The highest BCUT2D eigenvalue weighted by atomic mass is 19.4. The number of aromatic nitrogens is 4. The maximum absolute atomic E-state index is 15.1. The first-order chi connectivity index (χ1) is 21.4. The smallest absolute Gasteiger partial charge is 0.431 e. The van der Waals surface area contributed by atoms with E-state index in [1.807, 2.05) is 0 Å². The van der Waals surface area contributed by atoms with Gasteiger partial charge in [0.25, 0.3) is 23.2 Å². The van der Waals surface area contributed by atoms with Crippen LogP contribution >= 0.6 is 0 Å². The predicted octanol–water partition coefficient (Wildman–Crippen LogP) is 5.71. The molecule has 5 aromatic rings. The summed E-state index contributed by atoms with van der Waals surface area (Å²) in [5.74, 6) is -1.67. The van der Waals surface area contributed by atoms with Crippen LogP contribution in [-0.4, -0.2) is 46.8 Å². The van der Waals surface area contributed by atoms with Crippen LogP contribution in [0.2, 0.25) is 0 Å². The van der Waals surface area contributed by atoms with Crippen molar-refractivity contribution in [1.82, 2.24) is 19.5 Å². The number of aryl methyl sites for hydroxylation is 1. The number of alkyl halides is 3. The molecule has 0 fully saturated rings. The Hall–Kier alpha value is -5.73. The number of nitrogens with zero attached hydrogens (tertiary/aromatic N) is 4. The average Bonchev–Trinajstić information content (AvgIpc) is 3.01. The second-order valence-electron chi connectivity index (χ2n) is 9.37. The molecule has 232 valence electrons. The number of hydrogen-bond donors (Lipinski definition) is 1. The highest BCUT2D eigenvalue weighted by Crippen LogP contribution is 2.35. The molecule has 0 aliphatic rings. The van der Waals surface area contributed by atoms with Crippen LogP contribution in [0.4, 0.5) is 23.2 Å². The fraction of sp³-hybridized carbons (Fsp3) is 0.167. The molecular weight excluding hydrogens is 602 g/mol. The number of hydrogen-bond acceptors (Lipinski definition) is 9. The third kappa shape index (κ3) is 6.04. The second-order valence-corrected chi connectivity index (χ2v) is 9.37. The van der Waals surface area contributed by atoms with Crippen LogP contribution in [0.25, 0.3) is 16.7 Å². The first-order valence-electron chi connectivity index (χ1n) is 13.0. The van der Waals surface area contributed by atoms with Gasteiger partial charge in [-0.15, -0.1) is 0 Å². The Kier molecular flexibility index (Phi) is 8.26. The Morgan fingerprint density at radius 3 is 2.33 bits per heavy atom. The Bertz CT molecular complexity index is 2000. The molecule has 1 N–H and O–H groups in total. The second kappa shape index (κ2) is 12.1. The molecular formula is C30H23F4N5O6. The molecule has 15 heteroatoms. The lowest BCUT2D eigenvalue weighted by Crippen LogP contribution is -2.33. The minimum atomic E-state index is -4.92. The van der Waals surface area contributed by atoms with E-state index in [0.717, 1.165) is 18.3 Å². The van der Waals surface area contributed by atoms with E-state index in [2.05, 4.69) is 20.3 Å². The lowest BCUT2D eigenvalue weighted by atomic mass is 10.1. The normalized spacial score (nSPS) is 11.3. The Balaban J connectivity index is 1.45. The van der Waals surface area contributed by atoms with E-state index in [0.29, 0.717) is 27.6 Å². The summed E-state index contributed by atoms with van der Waals surface area (Å²) < 4.78 is 78.3. The van der Waals surface area contributed by atoms with Crippen molar-refractivity contribution in [3.05, 3.63) is 93.9 Å². The topological polar surface area (TPSA) is 127 Å². The molecule has 4 aromatic heterocycles. The van der Waals surface area contributed by atoms with Gasteiger partial charge in [-0.05, 0) is 42.8 Å². The van der Waals surface area contributed by atoms with Gasteiger partial charge in [-0.3, -0.25) is 19.1 Å². The van der Waals surface area contributed by atoms with E-state index in [4.69, 9.17) is 18.9 Å². The van der Waals surface area contributed by atoms with Crippen molar-refractivity contribution in [2.24, 2.45) is 0 Å². The summed E-state index contributed by atoms with van der Waals surface area (Å²) in [6, 6.07) is 9.34. The van der Waals surface area contributed by atoms with Crippen molar-refractivity contribution < 1.29 is 41.3 Å². The highest BCUT2D eigenvalue weighted by Gasteiger charge is 2.36. The van der Waals surface area contributed by atoms with Crippen molar-refractivity contribution in [2.45, 2.75) is 13.1 Å². The average molecular weight is 626 g/mol. The minimum Gasteiger partial charge on any atom is -0.497 e. The van der Waals surface area contributed by atoms with Crippen LogP contribution in [0.5, 0.6) is 29.0 Å². The highest BCUT2D eigenvalue weighted by molar-refractivity contribution is 6.04. The molecule has 0 aliphatic carbocycles. The van der Waals surface area contributed by atoms with Crippen molar-refractivity contribution in [1.29, 1.82) is 0 Å². The van der Waals surface area contributed by atoms with Gasteiger partial charge in [0.05, 0.1) is 44.4 Å². The van der Waals surface area contributed by atoms with Crippen LogP contribution in [0.15, 0.2) is 65.7 Å². The number of ether oxygens (including phenoxy) is 4. The molecule has 0 radical (unpaired) electrons. The number of carbonyl (C=O) groups excluding carboxylic acids is 1. The summed E-state index contributed by atoms with van der Waals surface area (Å²) in [4.78, 5) is 38.8. The molecule has 0 aliphatic heterocycles. The lowest BCUT2D eigenvalue weighted by molar-refractivity contribution is -0.142. The molecule has 11 nitrogen and oxygen atoms in total. The Labute approximate surface area is 252 Å². The van der Waals surface area contributed by atoms with E-state index in [9.17, 15) is 22.8 Å². The van der Waals surface area contributed by atoms with Gasteiger partial charge < -0.3 is 24.3 Å². The zero-order chi connectivity index (χ0) is 32.5. The molecule has 0 unspecified atom stereocenters. The standard InChI is InChI=1S/C30H23F4N5O6/c1-15-11-17(42-2)5-7-21(15)39-24(30(32,33)34)8-6-18(29(39)41)26(40)37-16-12-19(31)27(36-14-16)45-22-9-10-35-20-13-23(43-3)28(44-4)38-25(20)22/h5-14H,1-4H3,(H,37,40). The van der Waals surface area contributed by atoms with E-state index in [-0.39, 0.29) is 34.1 Å². The van der Waals surface area contributed by atoms with Crippen LogP contribution < -0.4 is 29.8 Å². The SMILES string of the molecule is COc1ccc(-n2c(C(F)(F)F)ccc(C(=O)Nc3cnc(Oc4ccnc5cc(OC)c(OC)nc45)c(F)c3)c2=O)c(C)c1. The quantitative estimate of drug-likeness (QED) is 0.216. The summed E-state index contributed by atoms with van der Waals surface area (Å²) in [5.41, 5.74) is -2.59. The molecule has 5 rings (SSSR count). The van der Waals surface area contributed by atoms with E-state index < -0.39 is 40.6 Å². The first kappa shape index (κ1) is 30.7. The largest absolute Gasteiger partial charge is 0.497 e. The zero-order valence-corrected chi connectivity index (χ0v) is 24.0. The number of carbonyl (C=O) groups is 1. The number of nitrogens with one attached hydrogen (secondary N) is 1. The number of benzene rings is 1. The third-order valence-corrected chi connectivity index (χ3v) is 6.55. The molecule has 0 spiro atoms. The number of pyridine rings is 4. The van der Waals surface area contributed by atoms with Crippen LogP contribution in [-0.2, 0) is 6.18 Å². The number of methoxy groups -OCH3 is 3. The summed E-state index contributed by atoms with van der Waals surface area (Å²) >= 11 is 0. The van der Waals surface area contributed by atoms with Crippen LogP contribution in [0.1, 0.15) is 21.6 Å². The van der Waals surface area contributed by atoms with E-state index in [1.54, 1.807) is 6.07 Å². The molecule has 45 heavy (non-hydrogen) atoms. The van der Waals surface area contributed by atoms with Gasteiger partial charge in [0.1, 0.15) is 22.5 Å². The van der Waals surface area contributed by atoms with E-state index in [1.165, 1.54) is 58.7 Å². The van der Waals surface area contributed by atoms with Crippen molar-refractivity contribution in [3.63, 3.8) is 0 Å². The summed E-state index contributed by atoms with van der Waals surface area (Å²) in [7, 11) is 4.21. The summed E-state index contributed by atoms with van der Waals surface area (Å²) in [5, 5.41) is 2.29. The number of rotatable bonds is 8. The predicted molar refractivity (Wildman–Crippen MR) is 153 cm³/mol. The number of halogens is 4. The van der Waals surface area contributed by atoms with Gasteiger partial charge in [-0.25, -0.2) is 14.4 Å². The summed E-state index contributed by atoms with van der Waals surface area (Å²) in [6.45, 7) is 1.49. The number of anilines is 1. The minimum absolute atomic E-state index is 0.0864. The Morgan fingerprint density at radius 1 is 0.911 bits per heavy atom. The van der Waals surface area contributed by atoms with Crippen LogP contribution in [0.3, 0.4) is 0 Å². The molecule has 4 heterocycles. The number of fused-ring (bicyclic) bond motifs is 1. The van der Waals surface area contributed by atoms with Gasteiger partial charge in [0.2, 0.25) is 0 Å². The van der Waals surface area contributed by atoms with Gasteiger partial charge in [0, 0.05) is 24.4 Å². The maximum atomic E-state index is 15.1. The molecule has 0 saturated carbocycles. The van der Waals surface area contributed by atoms with Gasteiger partial charge >= 0.3 is 6.18 Å². The first-order valence-corrected chi connectivity index (χ1v) is 13.0. The van der Waals surface area contributed by atoms with Crippen molar-refractivity contribution >= 4 is 22.6 Å². The molecule has 0 saturated heterocycles. The fourth-order valence-electron chi connectivity index (χ4n) is 4.44. The van der Waals surface area contributed by atoms with Gasteiger partial charge in [0.15, 0.2) is 17.3 Å². The lowest BCUT2D eigenvalue weighted by Gasteiger charge is -2.18. The molecule has 1 amide bonds. The van der Waals surface area contributed by atoms with E-state index >= 15 is 4.39 Å². The molecule has 0 atom stereocenters. The van der Waals surface area contributed by atoms with Crippen LogP contribution in [0, 0.1) is 12.7 Å². The molecule has 1 aromatic carbocycles. The fourth-order valence-corrected chi connectivity index (χ4v) is 4.44. The third-order valence-electron chi connectivity index (χ3n) is 6.55. The van der Waals surface area contributed by atoms with Crippen molar-refractivity contribution in [2.75, 3.05) is 26.6 Å².